The summed E-state index contributed by atoms with van der Waals surface area (Å²) in [4.78, 5) is 27.2. The van der Waals surface area contributed by atoms with Crippen LogP contribution >= 0.6 is 0 Å². The van der Waals surface area contributed by atoms with Crippen LogP contribution in [0.5, 0.6) is 0 Å². The van der Waals surface area contributed by atoms with Gasteiger partial charge in [0.1, 0.15) is 11.9 Å². The fourth-order valence-electron chi connectivity index (χ4n) is 3.50. The standard InChI is InChI=1S/C26H27FN2O2/c1-20(30)29(19-23-12-14-24(27)15-13-23)25(18-22-10-6-3-7-11-22)26(31)28-17-16-21-8-4-2-5-9-21/h2-15,25H,16-19H2,1H3,(H,28,31)/t25-/m1/s1. The minimum Gasteiger partial charge on any atom is -0.354 e. The van der Waals surface area contributed by atoms with Crippen LogP contribution in [0.25, 0.3) is 0 Å². The fourth-order valence-corrected chi connectivity index (χ4v) is 3.50. The molecule has 0 bridgehead atoms. The largest absolute Gasteiger partial charge is 0.354 e. The Morgan fingerprint density at radius 3 is 2.00 bits per heavy atom. The molecule has 4 nitrogen and oxygen atoms in total. The van der Waals surface area contributed by atoms with Gasteiger partial charge in [-0.1, -0.05) is 72.8 Å². The fraction of sp³-hybridized carbons (Fsp3) is 0.231. The van der Waals surface area contributed by atoms with Crippen molar-refractivity contribution in [3.63, 3.8) is 0 Å². The van der Waals surface area contributed by atoms with E-state index in [1.165, 1.54) is 19.1 Å². The minimum atomic E-state index is -0.666. The van der Waals surface area contributed by atoms with Crippen LogP contribution in [-0.2, 0) is 29.0 Å². The zero-order chi connectivity index (χ0) is 22.1. The van der Waals surface area contributed by atoms with E-state index in [-0.39, 0.29) is 24.2 Å². The molecule has 0 saturated heterocycles. The molecule has 2 amide bonds. The predicted octanol–water partition coefficient (Wildman–Crippen LogP) is 4.14. The molecular weight excluding hydrogens is 391 g/mol. The second-order valence-corrected chi connectivity index (χ2v) is 7.51. The van der Waals surface area contributed by atoms with E-state index in [9.17, 15) is 14.0 Å². The van der Waals surface area contributed by atoms with Crippen LogP contribution in [0.2, 0.25) is 0 Å². The van der Waals surface area contributed by atoms with Gasteiger partial charge in [-0.15, -0.1) is 0 Å². The molecule has 0 fully saturated rings. The summed E-state index contributed by atoms with van der Waals surface area (Å²) in [6, 6.07) is 24.9. The van der Waals surface area contributed by atoms with Crippen LogP contribution in [0.4, 0.5) is 4.39 Å². The van der Waals surface area contributed by atoms with Gasteiger partial charge >= 0.3 is 0 Å². The number of carbonyl (C=O) groups excluding carboxylic acids is 2. The van der Waals surface area contributed by atoms with Gasteiger partial charge in [-0.3, -0.25) is 9.59 Å². The lowest BCUT2D eigenvalue weighted by Crippen LogP contribution is -2.50. The average Bonchev–Trinajstić information content (AvgIpc) is 2.78. The number of hydrogen-bond donors (Lipinski definition) is 1. The van der Waals surface area contributed by atoms with Gasteiger partial charge in [0.05, 0.1) is 0 Å². The number of nitrogens with one attached hydrogen (secondary N) is 1. The van der Waals surface area contributed by atoms with E-state index in [4.69, 9.17) is 0 Å². The summed E-state index contributed by atoms with van der Waals surface area (Å²) < 4.78 is 13.3. The van der Waals surface area contributed by atoms with Gasteiger partial charge in [-0.2, -0.15) is 0 Å². The van der Waals surface area contributed by atoms with Crippen molar-refractivity contribution < 1.29 is 14.0 Å². The first-order valence-electron chi connectivity index (χ1n) is 10.4. The van der Waals surface area contributed by atoms with Crippen molar-refractivity contribution >= 4 is 11.8 Å². The Morgan fingerprint density at radius 1 is 0.839 bits per heavy atom. The third-order valence-electron chi connectivity index (χ3n) is 5.18. The second kappa shape index (κ2) is 11.1. The van der Waals surface area contributed by atoms with Crippen LogP contribution in [0.15, 0.2) is 84.9 Å². The molecule has 5 heteroatoms. The maximum atomic E-state index is 13.3. The van der Waals surface area contributed by atoms with E-state index < -0.39 is 6.04 Å². The zero-order valence-corrected chi connectivity index (χ0v) is 17.6. The molecule has 31 heavy (non-hydrogen) atoms. The zero-order valence-electron chi connectivity index (χ0n) is 17.6. The molecule has 1 N–H and O–H groups in total. The highest BCUT2D eigenvalue weighted by molar-refractivity contribution is 5.87. The second-order valence-electron chi connectivity index (χ2n) is 7.51. The third kappa shape index (κ3) is 6.78. The number of nitrogens with zero attached hydrogens (tertiary/aromatic N) is 1. The number of amides is 2. The van der Waals surface area contributed by atoms with Gasteiger partial charge in [0.15, 0.2) is 0 Å². The van der Waals surface area contributed by atoms with Crippen molar-refractivity contribution in [3.8, 4) is 0 Å². The van der Waals surface area contributed by atoms with E-state index in [0.717, 1.165) is 16.7 Å². The van der Waals surface area contributed by atoms with Gasteiger partial charge in [0.25, 0.3) is 0 Å². The average molecular weight is 419 g/mol. The summed E-state index contributed by atoms with van der Waals surface area (Å²) in [6.45, 7) is 2.18. The van der Waals surface area contributed by atoms with Crippen molar-refractivity contribution in [1.82, 2.24) is 10.2 Å². The number of carbonyl (C=O) groups is 2. The predicted molar refractivity (Wildman–Crippen MR) is 120 cm³/mol. The van der Waals surface area contributed by atoms with Crippen molar-refractivity contribution in [2.75, 3.05) is 6.54 Å². The van der Waals surface area contributed by atoms with Crippen LogP contribution in [0.3, 0.4) is 0 Å². The summed E-state index contributed by atoms with van der Waals surface area (Å²) in [7, 11) is 0. The molecule has 160 valence electrons. The lowest BCUT2D eigenvalue weighted by Gasteiger charge is -2.30. The maximum Gasteiger partial charge on any atom is 0.243 e. The summed E-state index contributed by atoms with van der Waals surface area (Å²) in [5.74, 6) is -0.738. The lowest BCUT2D eigenvalue weighted by molar-refractivity contribution is -0.139. The van der Waals surface area contributed by atoms with E-state index in [1.54, 1.807) is 17.0 Å². The summed E-state index contributed by atoms with van der Waals surface area (Å²) in [6.07, 6.45) is 1.11. The topological polar surface area (TPSA) is 49.4 Å². The van der Waals surface area contributed by atoms with Gasteiger partial charge in [-0.25, -0.2) is 4.39 Å². The van der Waals surface area contributed by atoms with E-state index >= 15 is 0 Å². The molecule has 0 aliphatic rings. The molecule has 0 spiro atoms. The molecule has 0 aliphatic carbocycles. The van der Waals surface area contributed by atoms with E-state index in [2.05, 4.69) is 5.32 Å². The minimum absolute atomic E-state index is 0.197. The van der Waals surface area contributed by atoms with Crippen LogP contribution in [0, 0.1) is 5.82 Å². The molecule has 1 atom stereocenters. The van der Waals surface area contributed by atoms with Gasteiger partial charge in [0, 0.05) is 26.4 Å². The molecule has 3 aromatic carbocycles. The molecule has 0 aliphatic heterocycles. The molecule has 0 radical (unpaired) electrons. The molecule has 0 aromatic heterocycles. The molecule has 3 rings (SSSR count). The number of benzene rings is 3. The Balaban J connectivity index is 1.76. The number of rotatable bonds is 9. The van der Waals surface area contributed by atoms with Crippen molar-refractivity contribution in [2.24, 2.45) is 0 Å². The van der Waals surface area contributed by atoms with Gasteiger partial charge < -0.3 is 10.2 Å². The van der Waals surface area contributed by atoms with Crippen molar-refractivity contribution in [3.05, 3.63) is 107 Å². The number of halogens is 1. The van der Waals surface area contributed by atoms with Gasteiger partial charge in [0.2, 0.25) is 11.8 Å². The summed E-state index contributed by atoms with van der Waals surface area (Å²) in [5, 5.41) is 2.99. The van der Waals surface area contributed by atoms with Crippen molar-refractivity contribution in [2.45, 2.75) is 32.4 Å². The van der Waals surface area contributed by atoms with Crippen molar-refractivity contribution in [1.29, 1.82) is 0 Å². The highest BCUT2D eigenvalue weighted by Crippen LogP contribution is 2.15. The Kier molecular flexibility index (Phi) is 7.93. The molecule has 0 saturated carbocycles. The highest BCUT2D eigenvalue weighted by Gasteiger charge is 2.28. The molecular formula is C26H27FN2O2. The van der Waals surface area contributed by atoms with Crippen LogP contribution < -0.4 is 5.32 Å². The van der Waals surface area contributed by atoms with Crippen LogP contribution in [-0.4, -0.2) is 29.3 Å². The first-order chi connectivity index (χ1) is 15.0. The summed E-state index contributed by atoms with van der Waals surface area (Å²) >= 11 is 0. The van der Waals surface area contributed by atoms with E-state index in [0.29, 0.717) is 19.4 Å². The lowest BCUT2D eigenvalue weighted by atomic mass is 10.0. The Labute approximate surface area is 182 Å². The Hall–Kier alpha value is -3.47. The molecule has 0 unspecified atom stereocenters. The molecule has 3 aromatic rings. The number of hydrogen-bond acceptors (Lipinski definition) is 2. The normalized spacial score (nSPS) is 11.5. The Morgan fingerprint density at radius 2 is 1.42 bits per heavy atom. The third-order valence-corrected chi connectivity index (χ3v) is 5.18. The first kappa shape index (κ1) is 22.2. The summed E-state index contributed by atoms with van der Waals surface area (Å²) in [5.41, 5.74) is 2.87. The van der Waals surface area contributed by atoms with E-state index in [1.807, 2.05) is 60.7 Å². The Bertz CT molecular complexity index is 975. The first-order valence-corrected chi connectivity index (χ1v) is 10.4. The molecule has 0 heterocycles. The smallest absolute Gasteiger partial charge is 0.243 e. The maximum absolute atomic E-state index is 13.3. The highest BCUT2D eigenvalue weighted by atomic mass is 19.1. The SMILES string of the molecule is CC(=O)N(Cc1ccc(F)cc1)[C@H](Cc1ccccc1)C(=O)NCCc1ccccc1. The monoisotopic (exact) mass is 418 g/mol. The van der Waals surface area contributed by atoms with Crippen LogP contribution in [0.1, 0.15) is 23.6 Å². The van der Waals surface area contributed by atoms with Gasteiger partial charge in [-0.05, 0) is 35.2 Å². The quantitative estimate of drug-likeness (QED) is 0.568.